The third-order valence-electron chi connectivity index (χ3n) is 2.80. The van der Waals surface area contributed by atoms with Crippen LogP contribution in [-0.4, -0.2) is 22.7 Å². The first-order chi connectivity index (χ1) is 9.18. The van der Waals surface area contributed by atoms with Crippen molar-refractivity contribution >= 4 is 5.91 Å². The van der Waals surface area contributed by atoms with E-state index in [0.29, 0.717) is 13.0 Å². The van der Waals surface area contributed by atoms with Crippen molar-refractivity contribution in [2.45, 2.75) is 6.42 Å². The second kappa shape index (κ2) is 5.91. The summed E-state index contributed by atoms with van der Waals surface area (Å²) in [5, 5.41) is 21.6. The smallest absolute Gasteiger partial charge is 0.255 e. The number of nitrogens with one attached hydrogen (secondary N) is 1. The fourth-order valence-corrected chi connectivity index (χ4v) is 1.77. The van der Waals surface area contributed by atoms with E-state index in [4.69, 9.17) is 0 Å². The quantitative estimate of drug-likeness (QED) is 0.734. The molecule has 0 bridgehead atoms. The lowest BCUT2D eigenvalue weighted by atomic mass is 10.1. The third-order valence-corrected chi connectivity index (χ3v) is 2.80. The Morgan fingerprint density at radius 3 is 2.47 bits per heavy atom. The summed E-state index contributed by atoms with van der Waals surface area (Å²) in [6, 6.07) is 14.1. The second-order valence-corrected chi connectivity index (χ2v) is 4.16. The van der Waals surface area contributed by atoms with Crippen molar-refractivity contribution in [3.05, 3.63) is 59.7 Å². The van der Waals surface area contributed by atoms with Gasteiger partial charge in [-0.05, 0) is 24.1 Å². The summed E-state index contributed by atoms with van der Waals surface area (Å²) in [4.78, 5) is 11.8. The zero-order valence-corrected chi connectivity index (χ0v) is 10.3. The molecule has 0 aliphatic carbocycles. The van der Waals surface area contributed by atoms with Crippen molar-refractivity contribution in [1.82, 2.24) is 5.32 Å². The number of rotatable bonds is 4. The van der Waals surface area contributed by atoms with Crippen molar-refractivity contribution in [1.29, 1.82) is 0 Å². The van der Waals surface area contributed by atoms with Gasteiger partial charge in [0.25, 0.3) is 5.91 Å². The van der Waals surface area contributed by atoms with Gasteiger partial charge in [0, 0.05) is 6.54 Å². The fraction of sp³-hybridized carbons (Fsp3) is 0.133. The standard InChI is InChI=1S/C15H15NO3/c17-13-8-4-7-12(14(13)18)15(19)16-10-9-11-5-2-1-3-6-11/h1-8,17-18H,9-10H2,(H,16,19). The summed E-state index contributed by atoms with van der Waals surface area (Å²) in [6.07, 6.45) is 0.714. The van der Waals surface area contributed by atoms with Crippen LogP contribution in [0.2, 0.25) is 0 Å². The Morgan fingerprint density at radius 2 is 1.74 bits per heavy atom. The van der Waals surface area contributed by atoms with Gasteiger partial charge in [0.15, 0.2) is 11.5 Å². The summed E-state index contributed by atoms with van der Waals surface area (Å²) in [5.74, 6) is -1.08. The maximum atomic E-state index is 11.8. The topological polar surface area (TPSA) is 69.6 Å². The van der Waals surface area contributed by atoms with Crippen molar-refractivity contribution in [3.63, 3.8) is 0 Å². The number of carbonyl (C=O) groups is 1. The molecule has 2 rings (SSSR count). The van der Waals surface area contributed by atoms with E-state index >= 15 is 0 Å². The van der Waals surface area contributed by atoms with Gasteiger partial charge in [0.05, 0.1) is 5.56 Å². The molecule has 0 spiro atoms. The zero-order valence-electron chi connectivity index (χ0n) is 10.3. The molecule has 1 amide bonds. The van der Waals surface area contributed by atoms with Crippen molar-refractivity contribution in [2.75, 3.05) is 6.54 Å². The van der Waals surface area contributed by atoms with Crippen molar-refractivity contribution in [2.24, 2.45) is 0 Å². The van der Waals surface area contributed by atoms with Crippen LogP contribution < -0.4 is 5.32 Å². The van der Waals surface area contributed by atoms with Crippen LogP contribution in [0.4, 0.5) is 0 Å². The molecule has 3 N–H and O–H groups in total. The van der Waals surface area contributed by atoms with E-state index < -0.39 is 5.91 Å². The number of hydrogen-bond donors (Lipinski definition) is 3. The van der Waals surface area contributed by atoms with E-state index in [1.807, 2.05) is 30.3 Å². The molecule has 0 fully saturated rings. The maximum Gasteiger partial charge on any atom is 0.255 e. The lowest BCUT2D eigenvalue weighted by Gasteiger charge is -2.07. The molecule has 0 unspecified atom stereocenters. The minimum atomic E-state index is -0.399. The van der Waals surface area contributed by atoms with Gasteiger partial charge in [0.1, 0.15) is 0 Å². The van der Waals surface area contributed by atoms with Gasteiger partial charge >= 0.3 is 0 Å². The number of phenolic OH excluding ortho intramolecular Hbond substituents is 2. The lowest BCUT2D eigenvalue weighted by Crippen LogP contribution is -2.25. The molecule has 0 atom stereocenters. The minimum absolute atomic E-state index is 0.0769. The van der Waals surface area contributed by atoms with Crippen LogP contribution in [0.5, 0.6) is 11.5 Å². The van der Waals surface area contributed by atoms with Crippen LogP contribution in [0.1, 0.15) is 15.9 Å². The molecule has 0 aromatic heterocycles. The summed E-state index contributed by atoms with van der Waals surface area (Å²) < 4.78 is 0. The third kappa shape index (κ3) is 3.25. The molecule has 2 aromatic carbocycles. The van der Waals surface area contributed by atoms with Gasteiger partial charge in [-0.1, -0.05) is 36.4 Å². The van der Waals surface area contributed by atoms with Gasteiger partial charge < -0.3 is 15.5 Å². The highest BCUT2D eigenvalue weighted by Gasteiger charge is 2.12. The first kappa shape index (κ1) is 13.0. The van der Waals surface area contributed by atoms with E-state index in [0.717, 1.165) is 5.56 Å². The van der Waals surface area contributed by atoms with Gasteiger partial charge in [-0.3, -0.25) is 4.79 Å². The van der Waals surface area contributed by atoms with E-state index in [-0.39, 0.29) is 17.1 Å². The molecule has 0 aliphatic rings. The molecule has 2 aromatic rings. The molecule has 98 valence electrons. The van der Waals surface area contributed by atoms with Gasteiger partial charge in [-0.25, -0.2) is 0 Å². The van der Waals surface area contributed by atoms with Crippen LogP contribution in [0, 0.1) is 0 Å². The molecule has 19 heavy (non-hydrogen) atoms. The molecule has 4 heteroatoms. The highest BCUT2D eigenvalue weighted by Crippen LogP contribution is 2.27. The van der Waals surface area contributed by atoms with Crippen molar-refractivity contribution < 1.29 is 15.0 Å². The Balaban J connectivity index is 1.93. The van der Waals surface area contributed by atoms with Crippen LogP contribution in [0.25, 0.3) is 0 Å². The van der Waals surface area contributed by atoms with Crippen molar-refractivity contribution in [3.8, 4) is 11.5 Å². The number of carbonyl (C=O) groups excluding carboxylic acids is 1. The molecule has 0 radical (unpaired) electrons. The number of benzene rings is 2. The SMILES string of the molecule is O=C(NCCc1ccccc1)c1cccc(O)c1O. The number of aromatic hydroxyl groups is 2. The Hall–Kier alpha value is -2.49. The summed E-state index contributed by atoms with van der Waals surface area (Å²) in [5.41, 5.74) is 1.20. The molecule has 0 aliphatic heterocycles. The summed E-state index contributed by atoms with van der Waals surface area (Å²) in [7, 11) is 0. The predicted octanol–water partition coefficient (Wildman–Crippen LogP) is 2.07. The van der Waals surface area contributed by atoms with Gasteiger partial charge in [-0.15, -0.1) is 0 Å². The minimum Gasteiger partial charge on any atom is -0.504 e. The first-order valence-corrected chi connectivity index (χ1v) is 6.01. The molecular weight excluding hydrogens is 242 g/mol. The molecular formula is C15H15NO3. The van der Waals surface area contributed by atoms with Crippen LogP contribution in [0.15, 0.2) is 48.5 Å². The highest BCUT2D eigenvalue weighted by atomic mass is 16.3. The molecule has 0 saturated heterocycles. The maximum absolute atomic E-state index is 11.8. The van der Waals surface area contributed by atoms with E-state index in [1.165, 1.54) is 18.2 Å². The van der Waals surface area contributed by atoms with E-state index in [9.17, 15) is 15.0 Å². The van der Waals surface area contributed by atoms with Gasteiger partial charge in [-0.2, -0.15) is 0 Å². The normalized spacial score (nSPS) is 10.1. The fourth-order valence-electron chi connectivity index (χ4n) is 1.77. The Bertz CT molecular complexity index is 567. The Kier molecular flexibility index (Phi) is 4.03. The van der Waals surface area contributed by atoms with E-state index in [2.05, 4.69) is 5.32 Å². The predicted molar refractivity (Wildman–Crippen MR) is 72.3 cm³/mol. The summed E-state index contributed by atoms with van der Waals surface area (Å²) >= 11 is 0. The average molecular weight is 257 g/mol. The zero-order chi connectivity index (χ0) is 13.7. The summed E-state index contributed by atoms with van der Waals surface area (Å²) in [6.45, 7) is 0.470. The van der Waals surface area contributed by atoms with Gasteiger partial charge in [0.2, 0.25) is 0 Å². The lowest BCUT2D eigenvalue weighted by molar-refractivity contribution is 0.0951. The largest absolute Gasteiger partial charge is 0.504 e. The molecule has 4 nitrogen and oxygen atoms in total. The number of hydrogen-bond acceptors (Lipinski definition) is 3. The van der Waals surface area contributed by atoms with Crippen LogP contribution in [0.3, 0.4) is 0 Å². The van der Waals surface area contributed by atoms with Crippen LogP contribution in [-0.2, 0) is 6.42 Å². The molecule has 0 heterocycles. The Morgan fingerprint density at radius 1 is 1.00 bits per heavy atom. The number of amides is 1. The average Bonchev–Trinajstić information content (AvgIpc) is 2.43. The van der Waals surface area contributed by atoms with Crippen LogP contribution >= 0.6 is 0 Å². The molecule has 0 saturated carbocycles. The first-order valence-electron chi connectivity index (χ1n) is 6.01. The highest BCUT2D eigenvalue weighted by molar-refractivity contribution is 5.97. The Labute approximate surface area is 111 Å². The van der Waals surface area contributed by atoms with E-state index in [1.54, 1.807) is 0 Å². The second-order valence-electron chi connectivity index (χ2n) is 4.16. The monoisotopic (exact) mass is 257 g/mol. The number of phenols is 2. The number of para-hydroxylation sites is 1.